The van der Waals surface area contributed by atoms with Crippen LogP contribution >= 0.6 is 0 Å². The van der Waals surface area contributed by atoms with E-state index >= 15 is 0 Å². The van der Waals surface area contributed by atoms with Gasteiger partial charge >= 0.3 is 11.9 Å². The van der Waals surface area contributed by atoms with Gasteiger partial charge in [0.25, 0.3) is 5.69 Å². The molecule has 0 amide bonds. The van der Waals surface area contributed by atoms with Crippen molar-refractivity contribution in [3.8, 4) is 0 Å². The standard InChI is InChI=1S/C16H21NO6/c1-15(2,3)22-13(18)10-7-11(9-12(8-10)17(20)21)14(19)23-16(4,5)6/h7-9H,1-6H3. The number of nitro benzene ring substituents is 1. The van der Waals surface area contributed by atoms with Gasteiger partial charge in [0.15, 0.2) is 0 Å². The fourth-order valence-electron chi connectivity index (χ4n) is 1.63. The summed E-state index contributed by atoms with van der Waals surface area (Å²) < 4.78 is 10.4. The minimum Gasteiger partial charge on any atom is -0.456 e. The maximum absolute atomic E-state index is 12.1. The Kier molecular flexibility index (Phi) is 5.14. The Hall–Kier alpha value is -2.44. The molecule has 0 fully saturated rings. The number of nitro groups is 1. The number of nitrogens with zero attached hydrogens (tertiary/aromatic N) is 1. The Balaban J connectivity index is 3.25. The highest BCUT2D eigenvalue weighted by atomic mass is 16.6. The van der Waals surface area contributed by atoms with Crippen LogP contribution in [0, 0.1) is 10.1 Å². The number of esters is 2. The van der Waals surface area contributed by atoms with Crippen molar-refractivity contribution in [3.05, 3.63) is 39.4 Å². The van der Waals surface area contributed by atoms with Crippen molar-refractivity contribution in [1.29, 1.82) is 0 Å². The van der Waals surface area contributed by atoms with Crippen LogP contribution in [0.2, 0.25) is 0 Å². The Morgan fingerprint density at radius 1 is 0.870 bits per heavy atom. The van der Waals surface area contributed by atoms with E-state index in [4.69, 9.17) is 9.47 Å². The SMILES string of the molecule is CC(C)(C)OC(=O)c1cc(C(=O)OC(C)(C)C)cc([N+](=O)[O-])c1. The molecular formula is C16H21NO6. The first-order chi connectivity index (χ1) is 10.3. The van der Waals surface area contributed by atoms with Crippen molar-refractivity contribution < 1.29 is 24.0 Å². The number of carbonyl (C=O) groups excluding carboxylic acids is 2. The van der Waals surface area contributed by atoms with Gasteiger partial charge in [-0.15, -0.1) is 0 Å². The minimum absolute atomic E-state index is 0.0741. The second kappa shape index (κ2) is 6.36. The van der Waals surface area contributed by atoms with Gasteiger partial charge in [-0.3, -0.25) is 10.1 Å². The molecule has 0 bridgehead atoms. The molecule has 0 aliphatic carbocycles. The molecule has 7 heteroatoms. The van der Waals surface area contributed by atoms with E-state index in [1.54, 1.807) is 41.5 Å². The number of rotatable bonds is 3. The van der Waals surface area contributed by atoms with Crippen LogP contribution in [0.15, 0.2) is 18.2 Å². The van der Waals surface area contributed by atoms with Gasteiger partial charge < -0.3 is 9.47 Å². The maximum atomic E-state index is 12.1. The van der Waals surface area contributed by atoms with Crippen molar-refractivity contribution in [2.45, 2.75) is 52.7 Å². The van der Waals surface area contributed by atoms with Crippen LogP contribution in [0.4, 0.5) is 5.69 Å². The van der Waals surface area contributed by atoms with Gasteiger partial charge in [-0.25, -0.2) is 9.59 Å². The second-order valence-electron chi connectivity index (χ2n) is 7.03. The largest absolute Gasteiger partial charge is 0.456 e. The third kappa shape index (κ3) is 6.06. The quantitative estimate of drug-likeness (QED) is 0.480. The van der Waals surface area contributed by atoms with E-state index in [1.165, 1.54) is 6.07 Å². The number of carbonyl (C=O) groups is 2. The average molecular weight is 323 g/mol. The molecule has 0 saturated heterocycles. The highest BCUT2D eigenvalue weighted by Gasteiger charge is 2.25. The van der Waals surface area contributed by atoms with E-state index in [0.29, 0.717) is 0 Å². The van der Waals surface area contributed by atoms with E-state index in [0.717, 1.165) is 12.1 Å². The van der Waals surface area contributed by atoms with Gasteiger partial charge in [0.05, 0.1) is 16.1 Å². The van der Waals surface area contributed by atoms with Gasteiger partial charge in [-0.2, -0.15) is 0 Å². The summed E-state index contributed by atoms with van der Waals surface area (Å²) in [6, 6.07) is 3.37. The molecule has 23 heavy (non-hydrogen) atoms. The maximum Gasteiger partial charge on any atom is 0.338 e. The third-order valence-corrected chi connectivity index (χ3v) is 2.40. The summed E-state index contributed by atoms with van der Waals surface area (Å²) in [7, 11) is 0. The van der Waals surface area contributed by atoms with Crippen LogP contribution in [0.5, 0.6) is 0 Å². The lowest BCUT2D eigenvalue weighted by Gasteiger charge is -2.20. The van der Waals surface area contributed by atoms with Crippen LogP contribution < -0.4 is 0 Å². The summed E-state index contributed by atoms with van der Waals surface area (Å²) in [6.07, 6.45) is 0. The predicted octanol–water partition coefficient (Wildman–Crippen LogP) is 3.51. The topological polar surface area (TPSA) is 95.7 Å². The average Bonchev–Trinajstić information content (AvgIpc) is 2.34. The van der Waals surface area contributed by atoms with Crippen LogP contribution in [0.1, 0.15) is 62.3 Å². The smallest absolute Gasteiger partial charge is 0.338 e. The number of benzene rings is 1. The molecule has 0 heterocycles. The summed E-state index contributed by atoms with van der Waals surface area (Å²) in [5.41, 5.74) is -2.04. The first-order valence-corrected chi connectivity index (χ1v) is 7.05. The number of hydrogen-bond donors (Lipinski definition) is 0. The van der Waals surface area contributed by atoms with E-state index in [1.807, 2.05) is 0 Å². The molecule has 0 spiro atoms. The van der Waals surface area contributed by atoms with Crippen molar-refractivity contribution in [2.75, 3.05) is 0 Å². The molecule has 0 atom stereocenters. The Morgan fingerprint density at radius 3 is 1.48 bits per heavy atom. The molecule has 126 valence electrons. The van der Waals surface area contributed by atoms with Crippen LogP contribution in [0.3, 0.4) is 0 Å². The lowest BCUT2D eigenvalue weighted by molar-refractivity contribution is -0.384. The van der Waals surface area contributed by atoms with Crippen LogP contribution in [0.25, 0.3) is 0 Å². The molecule has 0 aliphatic rings. The fraction of sp³-hybridized carbons (Fsp3) is 0.500. The predicted molar refractivity (Wildman–Crippen MR) is 83.4 cm³/mol. The highest BCUT2D eigenvalue weighted by Crippen LogP contribution is 2.22. The second-order valence-corrected chi connectivity index (χ2v) is 7.03. The summed E-state index contributed by atoms with van der Waals surface area (Å²) in [4.78, 5) is 34.5. The lowest BCUT2D eigenvalue weighted by atomic mass is 10.1. The van der Waals surface area contributed by atoms with Gasteiger partial charge in [-0.05, 0) is 47.6 Å². The zero-order valence-corrected chi connectivity index (χ0v) is 14.1. The van der Waals surface area contributed by atoms with Gasteiger partial charge in [0.2, 0.25) is 0 Å². The van der Waals surface area contributed by atoms with Gasteiger partial charge in [-0.1, -0.05) is 0 Å². The zero-order chi connectivity index (χ0) is 18.0. The Labute approximate surface area is 134 Å². The first kappa shape index (κ1) is 18.6. The van der Waals surface area contributed by atoms with E-state index < -0.39 is 28.1 Å². The van der Waals surface area contributed by atoms with Crippen molar-refractivity contribution in [1.82, 2.24) is 0 Å². The minimum atomic E-state index is -0.756. The summed E-state index contributed by atoms with van der Waals surface area (Å²) in [6.45, 7) is 10.1. The number of non-ortho nitro benzene ring substituents is 1. The normalized spacial score (nSPS) is 11.7. The first-order valence-electron chi connectivity index (χ1n) is 7.05. The Bertz CT molecular complexity index is 591. The van der Waals surface area contributed by atoms with Crippen LogP contribution in [-0.2, 0) is 9.47 Å². The number of hydrogen-bond acceptors (Lipinski definition) is 6. The van der Waals surface area contributed by atoms with Gasteiger partial charge in [0, 0.05) is 12.1 Å². The molecule has 1 aromatic rings. The molecule has 0 N–H and O–H groups in total. The van der Waals surface area contributed by atoms with E-state index in [2.05, 4.69) is 0 Å². The molecule has 0 aromatic heterocycles. The van der Waals surface area contributed by atoms with Gasteiger partial charge in [0.1, 0.15) is 11.2 Å². The van der Waals surface area contributed by atoms with E-state index in [9.17, 15) is 19.7 Å². The van der Waals surface area contributed by atoms with Crippen molar-refractivity contribution in [3.63, 3.8) is 0 Å². The van der Waals surface area contributed by atoms with Crippen molar-refractivity contribution >= 4 is 17.6 Å². The molecular weight excluding hydrogens is 302 g/mol. The highest BCUT2D eigenvalue weighted by molar-refractivity contribution is 5.96. The van der Waals surface area contributed by atoms with Crippen LogP contribution in [-0.4, -0.2) is 28.1 Å². The van der Waals surface area contributed by atoms with Crippen molar-refractivity contribution in [2.24, 2.45) is 0 Å². The summed E-state index contributed by atoms with van der Waals surface area (Å²) in [5, 5.41) is 11.0. The monoisotopic (exact) mass is 323 g/mol. The molecule has 1 rings (SSSR count). The van der Waals surface area contributed by atoms with E-state index in [-0.39, 0.29) is 16.8 Å². The number of ether oxygens (including phenoxy) is 2. The fourth-order valence-corrected chi connectivity index (χ4v) is 1.63. The Morgan fingerprint density at radius 2 is 1.22 bits per heavy atom. The third-order valence-electron chi connectivity index (χ3n) is 2.40. The summed E-state index contributed by atoms with van der Waals surface area (Å²) >= 11 is 0. The molecule has 0 saturated carbocycles. The molecule has 0 radical (unpaired) electrons. The molecule has 1 aromatic carbocycles. The molecule has 7 nitrogen and oxygen atoms in total. The summed E-state index contributed by atoms with van der Waals surface area (Å²) in [5.74, 6) is -1.49. The molecule has 0 unspecified atom stereocenters. The lowest BCUT2D eigenvalue weighted by Crippen LogP contribution is -2.25. The zero-order valence-electron chi connectivity index (χ0n) is 14.1. The molecule has 0 aliphatic heterocycles.